The van der Waals surface area contributed by atoms with Crippen molar-refractivity contribution in [3.8, 4) is 11.1 Å². The summed E-state index contributed by atoms with van der Waals surface area (Å²) in [5.41, 5.74) is 18.7. The number of fused-ring (bicyclic) bond motifs is 18. The SMILES string of the molecule is Cc1cccc(N(C2=CC3C(c4c2oc2ccccc42)c2c(cc(N(C4=CC(C)CC=C4)c4ccccc4)c4c2oc2ccccc24)C32c3ccccc3-c3ccccc32)c2ccccc2)c1. The van der Waals surface area contributed by atoms with Crippen LogP contribution in [0.25, 0.3) is 49.7 Å². The summed E-state index contributed by atoms with van der Waals surface area (Å²) in [6, 6.07) is 68.8. The molecule has 0 saturated heterocycles. The number of para-hydroxylation sites is 4. The first-order valence-electron chi connectivity index (χ1n) is 23.6. The second-order valence-corrected chi connectivity index (χ2v) is 18.8. The van der Waals surface area contributed by atoms with Gasteiger partial charge < -0.3 is 18.6 Å². The van der Waals surface area contributed by atoms with Gasteiger partial charge in [-0.25, -0.2) is 0 Å². The average Bonchev–Trinajstić information content (AvgIpc) is 4.11. The topological polar surface area (TPSA) is 32.8 Å². The molecule has 0 aliphatic heterocycles. The summed E-state index contributed by atoms with van der Waals surface area (Å²) in [5, 5.41) is 3.35. The van der Waals surface area contributed by atoms with E-state index >= 15 is 0 Å². The maximum Gasteiger partial charge on any atom is 0.155 e. The first-order valence-corrected chi connectivity index (χ1v) is 23.6. The van der Waals surface area contributed by atoms with Crippen LogP contribution in [0.15, 0.2) is 227 Å². The van der Waals surface area contributed by atoms with E-state index in [1.165, 1.54) is 44.5 Å². The van der Waals surface area contributed by atoms with Gasteiger partial charge >= 0.3 is 0 Å². The van der Waals surface area contributed by atoms with Crippen LogP contribution in [-0.2, 0) is 5.41 Å². The summed E-state index contributed by atoms with van der Waals surface area (Å²) >= 11 is 0. The quantitative estimate of drug-likeness (QED) is 0.167. The molecule has 14 rings (SSSR count). The number of aryl methyl sites for hydroxylation is 1. The van der Waals surface area contributed by atoms with Crippen LogP contribution in [0, 0.1) is 18.8 Å². The molecule has 2 heterocycles. The standard InChI is InChI=1S/C63H46N2O2/c1-39-19-17-25-43(35-39)64(41-21-5-3-6-22-41)53-37-52-60(62-57(53)47-29-11-15-33-55(47)67-62)59-51(63(52)49-31-13-9-27-45(49)46-28-10-14-32-50(46)63)38-54(61-58(59)48-30-12-16-34-56(48)66-61)65(42-23-7-4-8-24-42)44-26-18-20-40(2)36-44/h3-18,20-39,51,59H,19H2,1-2H3. The molecule has 4 heteroatoms. The Bertz CT molecular complexity index is 3690. The molecule has 320 valence electrons. The highest BCUT2D eigenvalue weighted by Crippen LogP contribution is 2.70. The second-order valence-electron chi connectivity index (χ2n) is 18.8. The smallest absolute Gasteiger partial charge is 0.155 e. The lowest BCUT2D eigenvalue weighted by molar-refractivity contribution is 0.449. The number of anilines is 4. The molecule has 4 aliphatic rings. The largest absolute Gasteiger partial charge is 0.456 e. The van der Waals surface area contributed by atoms with Crippen molar-refractivity contribution < 1.29 is 8.83 Å². The summed E-state index contributed by atoms with van der Waals surface area (Å²) in [5.74, 6) is 1.04. The van der Waals surface area contributed by atoms with E-state index in [1.807, 2.05) is 0 Å². The van der Waals surface area contributed by atoms with Crippen LogP contribution in [0.3, 0.4) is 0 Å². The number of nitrogens with zero attached hydrogens (tertiary/aromatic N) is 2. The van der Waals surface area contributed by atoms with Gasteiger partial charge in [0.1, 0.15) is 16.7 Å². The summed E-state index contributed by atoms with van der Waals surface area (Å²) in [7, 11) is 0. The van der Waals surface area contributed by atoms with Crippen LogP contribution in [0.2, 0.25) is 0 Å². The van der Waals surface area contributed by atoms with Gasteiger partial charge in [-0.1, -0.05) is 159 Å². The molecule has 3 unspecified atom stereocenters. The van der Waals surface area contributed by atoms with Crippen molar-refractivity contribution in [1.29, 1.82) is 0 Å². The maximum atomic E-state index is 7.46. The van der Waals surface area contributed by atoms with Crippen LogP contribution in [0.4, 0.5) is 22.7 Å². The molecule has 4 nitrogen and oxygen atoms in total. The summed E-state index contributed by atoms with van der Waals surface area (Å²) < 4.78 is 14.7. The fourth-order valence-electron chi connectivity index (χ4n) is 12.5. The van der Waals surface area contributed by atoms with Crippen molar-refractivity contribution in [2.45, 2.75) is 31.6 Å². The highest BCUT2D eigenvalue weighted by molar-refractivity contribution is 6.15. The summed E-state index contributed by atoms with van der Waals surface area (Å²) in [4.78, 5) is 4.92. The van der Waals surface area contributed by atoms with E-state index in [-0.39, 0.29) is 11.8 Å². The van der Waals surface area contributed by atoms with Gasteiger partial charge in [-0.15, -0.1) is 0 Å². The Kier molecular flexibility index (Phi) is 8.25. The van der Waals surface area contributed by atoms with Gasteiger partial charge in [-0.05, 0) is 113 Å². The molecule has 4 aliphatic carbocycles. The van der Waals surface area contributed by atoms with E-state index in [2.05, 4.69) is 236 Å². The zero-order valence-corrected chi connectivity index (χ0v) is 37.4. The van der Waals surface area contributed by atoms with E-state index in [0.717, 1.165) is 79.2 Å². The molecule has 0 N–H and O–H groups in total. The summed E-state index contributed by atoms with van der Waals surface area (Å²) in [6.07, 6.45) is 10.7. The number of hydrogen-bond donors (Lipinski definition) is 0. The Balaban J connectivity index is 1.18. The number of benzene rings is 8. The second kappa shape index (κ2) is 14.5. The average molecular weight is 863 g/mol. The maximum absolute atomic E-state index is 7.46. The van der Waals surface area contributed by atoms with Gasteiger partial charge in [0.05, 0.1) is 22.2 Å². The molecule has 0 radical (unpaired) electrons. The monoisotopic (exact) mass is 862 g/mol. The Morgan fingerprint density at radius 2 is 1.15 bits per heavy atom. The lowest BCUT2D eigenvalue weighted by Gasteiger charge is -2.40. The van der Waals surface area contributed by atoms with Crippen molar-refractivity contribution in [3.05, 3.63) is 257 Å². The fourth-order valence-corrected chi connectivity index (χ4v) is 12.5. The van der Waals surface area contributed by atoms with Crippen molar-refractivity contribution >= 4 is 61.4 Å². The first-order chi connectivity index (χ1) is 33.1. The van der Waals surface area contributed by atoms with Gasteiger partial charge in [0, 0.05) is 56.5 Å². The third-order valence-corrected chi connectivity index (χ3v) is 15.1. The minimum atomic E-state index is -0.627. The van der Waals surface area contributed by atoms with E-state index in [1.54, 1.807) is 0 Å². The number of furan rings is 2. The molecular formula is C63H46N2O2. The zero-order valence-electron chi connectivity index (χ0n) is 37.4. The van der Waals surface area contributed by atoms with Crippen molar-refractivity contribution in [2.24, 2.45) is 11.8 Å². The van der Waals surface area contributed by atoms with E-state index in [9.17, 15) is 0 Å². The minimum absolute atomic E-state index is 0.0996. The lowest BCUT2D eigenvalue weighted by atomic mass is 9.64. The Hall–Kier alpha value is -8.08. The highest BCUT2D eigenvalue weighted by Gasteiger charge is 2.61. The third-order valence-electron chi connectivity index (χ3n) is 15.1. The van der Waals surface area contributed by atoms with Crippen LogP contribution in [0.5, 0.6) is 0 Å². The van der Waals surface area contributed by atoms with Crippen LogP contribution in [-0.4, -0.2) is 0 Å². The molecular weight excluding hydrogens is 817 g/mol. The molecule has 1 spiro atoms. The lowest BCUT2D eigenvalue weighted by Crippen LogP contribution is -2.35. The molecule has 0 amide bonds. The number of hydrogen-bond acceptors (Lipinski definition) is 4. The van der Waals surface area contributed by atoms with Crippen LogP contribution < -0.4 is 9.80 Å². The van der Waals surface area contributed by atoms with E-state index < -0.39 is 5.41 Å². The van der Waals surface area contributed by atoms with Crippen molar-refractivity contribution in [3.63, 3.8) is 0 Å². The molecule has 67 heavy (non-hydrogen) atoms. The molecule has 2 aromatic heterocycles. The molecule has 0 saturated carbocycles. The fraction of sp³-hybridized carbons (Fsp3) is 0.111. The van der Waals surface area contributed by atoms with E-state index in [4.69, 9.17) is 8.83 Å². The van der Waals surface area contributed by atoms with Gasteiger partial charge in [-0.2, -0.15) is 0 Å². The molecule has 0 fully saturated rings. The Morgan fingerprint density at radius 1 is 0.537 bits per heavy atom. The Morgan fingerprint density at radius 3 is 1.85 bits per heavy atom. The zero-order chi connectivity index (χ0) is 44.4. The van der Waals surface area contributed by atoms with Crippen LogP contribution in [0.1, 0.15) is 58.4 Å². The highest BCUT2D eigenvalue weighted by atomic mass is 16.3. The molecule has 3 atom stereocenters. The molecule has 0 bridgehead atoms. The molecule has 10 aromatic rings. The number of allylic oxidation sites excluding steroid dienone is 4. The first kappa shape index (κ1) is 38.2. The van der Waals surface area contributed by atoms with E-state index in [0.29, 0.717) is 5.92 Å². The normalized spacial score (nSPS) is 18.3. The predicted molar refractivity (Wildman–Crippen MR) is 274 cm³/mol. The van der Waals surface area contributed by atoms with Gasteiger partial charge in [-0.3, -0.25) is 0 Å². The Labute approximate surface area is 390 Å². The minimum Gasteiger partial charge on any atom is -0.456 e. The predicted octanol–water partition coefficient (Wildman–Crippen LogP) is 16.5. The van der Waals surface area contributed by atoms with Gasteiger partial charge in [0.15, 0.2) is 5.76 Å². The number of rotatable bonds is 6. The van der Waals surface area contributed by atoms with Crippen LogP contribution >= 0.6 is 0 Å². The third kappa shape index (κ3) is 5.35. The van der Waals surface area contributed by atoms with Crippen molar-refractivity contribution in [2.75, 3.05) is 9.80 Å². The molecule has 8 aromatic carbocycles. The summed E-state index contributed by atoms with van der Waals surface area (Å²) in [6.45, 7) is 4.49. The van der Waals surface area contributed by atoms with Gasteiger partial charge in [0.25, 0.3) is 0 Å². The van der Waals surface area contributed by atoms with Crippen molar-refractivity contribution in [1.82, 2.24) is 0 Å². The van der Waals surface area contributed by atoms with Gasteiger partial charge in [0.2, 0.25) is 0 Å².